The SMILES string of the molecule is CCn1nnc(C=O)c1CCCOc1ccc(OC)cc1. The van der Waals surface area contributed by atoms with Crippen LogP contribution in [0.4, 0.5) is 0 Å². The van der Waals surface area contributed by atoms with Crippen LogP contribution in [0.3, 0.4) is 0 Å². The molecule has 0 saturated carbocycles. The first-order valence-electron chi connectivity index (χ1n) is 6.93. The van der Waals surface area contributed by atoms with Crippen molar-refractivity contribution in [3.63, 3.8) is 0 Å². The number of benzene rings is 1. The number of aryl methyl sites for hydroxylation is 1. The average Bonchev–Trinajstić information content (AvgIpc) is 2.94. The number of aromatic nitrogens is 3. The van der Waals surface area contributed by atoms with Gasteiger partial charge in [-0.3, -0.25) is 4.79 Å². The number of carbonyl (C=O) groups excluding carboxylic acids is 1. The topological polar surface area (TPSA) is 66.2 Å². The summed E-state index contributed by atoms with van der Waals surface area (Å²) in [4.78, 5) is 10.9. The maximum absolute atomic E-state index is 10.9. The number of nitrogens with zero attached hydrogens (tertiary/aromatic N) is 3. The van der Waals surface area contributed by atoms with Crippen molar-refractivity contribution < 1.29 is 14.3 Å². The fraction of sp³-hybridized carbons (Fsp3) is 0.400. The van der Waals surface area contributed by atoms with Gasteiger partial charge in [-0.2, -0.15) is 0 Å². The maximum atomic E-state index is 10.9. The van der Waals surface area contributed by atoms with Gasteiger partial charge in [0.05, 0.1) is 19.4 Å². The minimum atomic E-state index is 0.418. The van der Waals surface area contributed by atoms with Crippen molar-refractivity contribution >= 4 is 6.29 Å². The van der Waals surface area contributed by atoms with E-state index in [2.05, 4.69) is 10.3 Å². The zero-order valence-corrected chi connectivity index (χ0v) is 12.3. The minimum Gasteiger partial charge on any atom is -0.497 e. The molecule has 0 fully saturated rings. The molecule has 0 amide bonds. The van der Waals surface area contributed by atoms with Crippen LogP contribution in [0, 0.1) is 0 Å². The highest BCUT2D eigenvalue weighted by Crippen LogP contribution is 2.17. The fourth-order valence-electron chi connectivity index (χ4n) is 2.05. The summed E-state index contributed by atoms with van der Waals surface area (Å²) in [6, 6.07) is 7.45. The van der Waals surface area contributed by atoms with Gasteiger partial charge in [0, 0.05) is 6.54 Å². The van der Waals surface area contributed by atoms with Gasteiger partial charge >= 0.3 is 0 Å². The predicted octanol–water partition coefficient (Wildman–Crippen LogP) is 2.13. The van der Waals surface area contributed by atoms with E-state index in [1.807, 2.05) is 31.2 Å². The highest BCUT2D eigenvalue weighted by molar-refractivity contribution is 5.73. The summed E-state index contributed by atoms with van der Waals surface area (Å²) in [5.74, 6) is 1.60. The highest BCUT2D eigenvalue weighted by atomic mass is 16.5. The molecule has 0 bridgehead atoms. The van der Waals surface area contributed by atoms with Crippen molar-refractivity contribution in [3.8, 4) is 11.5 Å². The summed E-state index contributed by atoms with van der Waals surface area (Å²) in [5, 5.41) is 7.79. The Morgan fingerprint density at radius 3 is 2.57 bits per heavy atom. The molecule has 0 N–H and O–H groups in total. The van der Waals surface area contributed by atoms with Crippen LogP contribution in [0.2, 0.25) is 0 Å². The summed E-state index contributed by atoms with van der Waals surface area (Å²) in [6.45, 7) is 3.25. The van der Waals surface area contributed by atoms with E-state index in [1.165, 1.54) is 0 Å². The largest absolute Gasteiger partial charge is 0.497 e. The molecule has 1 aromatic carbocycles. The molecular formula is C15H19N3O3. The molecule has 1 aromatic heterocycles. The first-order valence-corrected chi connectivity index (χ1v) is 6.93. The minimum absolute atomic E-state index is 0.418. The molecule has 0 saturated heterocycles. The Morgan fingerprint density at radius 1 is 1.24 bits per heavy atom. The Hall–Kier alpha value is -2.37. The van der Waals surface area contributed by atoms with E-state index < -0.39 is 0 Å². The lowest BCUT2D eigenvalue weighted by molar-refractivity contribution is 0.111. The van der Waals surface area contributed by atoms with E-state index in [9.17, 15) is 4.79 Å². The van der Waals surface area contributed by atoms with Crippen LogP contribution in [0.1, 0.15) is 29.5 Å². The standard InChI is InChI=1S/C15H19N3O3/c1-3-18-15(14(11-19)16-17-18)5-4-10-21-13-8-6-12(20-2)7-9-13/h6-9,11H,3-5,10H2,1-2H3. The van der Waals surface area contributed by atoms with Gasteiger partial charge in [0.2, 0.25) is 0 Å². The molecule has 1 heterocycles. The molecule has 0 spiro atoms. The van der Waals surface area contributed by atoms with Crippen LogP contribution in [-0.4, -0.2) is 35.0 Å². The number of hydrogen-bond acceptors (Lipinski definition) is 5. The summed E-state index contributed by atoms with van der Waals surface area (Å²) in [7, 11) is 1.63. The molecule has 0 aliphatic heterocycles. The van der Waals surface area contributed by atoms with Gasteiger partial charge in [0.15, 0.2) is 6.29 Å². The Morgan fingerprint density at radius 2 is 1.95 bits per heavy atom. The van der Waals surface area contributed by atoms with Crippen molar-refractivity contribution in [3.05, 3.63) is 35.7 Å². The van der Waals surface area contributed by atoms with Crippen molar-refractivity contribution in [1.29, 1.82) is 0 Å². The summed E-state index contributed by atoms with van der Waals surface area (Å²) < 4.78 is 12.5. The molecule has 0 atom stereocenters. The molecule has 21 heavy (non-hydrogen) atoms. The molecule has 2 aromatic rings. The summed E-state index contributed by atoms with van der Waals surface area (Å²) >= 11 is 0. The smallest absolute Gasteiger partial charge is 0.172 e. The Labute approximate surface area is 123 Å². The summed E-state index contributed by atoms with van der Waals surface area (Å²) in [6.07, 6.45) is 2.25. The lowest BCUT2D eigenvalue weighted by atomic mass is 10.2. The van der Waals surface area contributed by atoms with Gasteiger partial charge in [-0.15, -0.1) is 5.10 Å². The number of rotatable bonds is 8. The molecule has 0 unspecified atom stereocenters. The van der Waals surface area contributed by atoms with Gasteiger partial charge in [-0.05, 0) is 44.0 Å². The number of hydrogen-bond donors (Lipinski definition) is 0. The predicted molar refractivity (Wildman–Crippen MR) is 77.9 cm³/mol. The van der Waals surface area contributed by atoms with Crippen LogP contribution in [0.25, 0.3) is 0 Å². The highest BCUT2D eigenvalue weighted by Gasteiger charge is 2.10. The lowest BCUT2D eigenvalue weighted by Gasteiger charge is -2.08. The van der Waals surface area contributed by atoms with Crippen molar-refractivity contribution in [2.75, 3.05) is 13.7 Å². The Kier molecular flexibility index (Phi) is 5.31. The molecule has 6 heteroatoms. The molecule has 2 rings (SSSR count). The second-order valence-corrected chi connectivity index (χ2v) is 4.48. The molecule has 0 aliphatic carbocycles. The third-order valence-electron chi connectivity index (χ3n) is 3.16. The van der Waals surface area contributed by atoms with Crippen LogP contribution >= 0.6 is 0 Å². The van der Waals surface area contributed by atoms with Crippen molar-refractivity contribution in [2.45, 2.75) is 26.3 Å². The van der Waals surface area contributed by atoms with E-state index >= 15 is 0 Å². The van der Waals surface area contributed by atoms with E-state index in [-0.39, 0.29) is 0 Å². The molecule has 6 nitrogen and oxygen atoms in total. The van der Waals surface area contributed by atoms with Crippen LogP contribution in [-0.2, 0) is 13.0 Å². The zero-order chi connectivity index (χ0) is 15.1. The van der Waals surface area contributed by atoms with Crippen LogP contribution < -0.4 is 9.47 Å². The zero-order valence-electron chi connectivity index (χ0n) is 12.3. The second-order valence-electron chi connectivity index (χ2n) is 4.48. The van der Waals surface area contributed by atoms with Crippen LogP contribution in [0.15, 0.2) is 24.3 Å². The number of ether oxygens (including phenoxy) is 2. The molecule has 0 radical (unpaired) electrons. The number of aldehydes is 1. The van der Waals surface area contributed by atoms with Crippen LogP contribution in [0.5, 0.6) is 11.5 Å². The van der Waals surface area contributed by atoms with Crippen molar-refractivity contribution in [1.82, 2.24) is 15.0 Å². The molecular weight excluding hydrogens is 270 g/mol. The third kappa shape index (κ3) is 3.81. The fourth-order valence-corrected chi connectivity index (χ4v) is 2.05. The molecule has 112 valence electrons. The van der Waals surface area contributed by atoms with Gasteiger partial charge in [0.25, 0.3) is 0 Å². The Balaban J connectivity index is 1.84. The average molecular weight is 289 g/mol. The van der Waals surface area contributed by atoms with Gasteiger partial charge in [-0.1, -0.05) is 5.21 Å². The Bertz CT molecular complexity index is 578. The van der Waals surface area contributed by atoms with E-state index in [4.69, 9.17) is 9.47 Å². The molecule has 0 aliphatic rings. The first kappa shape index (κ1) is 15.0. The first-order chi connectivity index (χ1) is 10.3. The van der Waals surface area contributed by atoms with Crippen molar-refractivity contribution in [2.24, 2.45) is 0 Å². The van der Waals surface area contributed by atoms with Gasteiger partial charge < -0.3 is 9.47 Å². The number of methoxy groups -OCH3 is 1. The maximum Gasteiger partial charge on any atom is 0.172 e. The van der Waals surface area contributed by atoms with Gasteiger partial charge in [0.1, 0.15) is 17.2 Å². The van der Waals surface area contributed by atoms with E-state index in [1.54, 1.807) is 11.8 Å². The third-order valence-corrected chi connectivity index (χ3v) is 3.16. The lowest BCUT2D eigenvalue weighted by Crippen LogP contribution is -2.07. The quantitative estimate of drug-likeness (QED) is 0.550. The van der Waals surface area contributed by atoms with E-state index in [0.29, 0.717) is 25.3 Å². The second kappa shape index (κ2) is 7.42. The van der Waals surface area contributed by atoms with Gasteiger partial charge in [-0.25, -0.2) is 4.68 Å². The van der Waals surface area contributed by atoms with E-state index in [0.717, 1.165) is 29.9 Å². The normalized spacial score (nSPS) is 10.4. The monoisotopic (exact) mass is 289 g/mol. The number of carbonyl (C=O) groups is 1. The summed E-state index contributed by atoms with van der Waals surface area (Å²) in [5.41, 5.74) is 1.28.